The van der Waals surface area contributed by atoms with E-state index in [0.717, 1.165) is 5.56 Å². The number of nitrogens with zero attached hydrogens (tertiary/aromatic N) is 1. The van der Waals surface area contributed by atoms with Gasteiger partial charge in [0, 0.05) is 17.2 Å². The van der Waals surface area contributed by atoms with E-state index < -0.39 is 0 Å². The van der Waals surface area contributed by atoms with Crippen LogP contribution in [-0.4, -0.2) is 4.98 Å². The molecule has 0 unspecified atom stereocenters. The summed E-state index contributed by atoms with van der Waals surface area (Å²) in [7, 11) is 0. The van der Waals surface area contributed by atoms with Crippen LogP contribution in [0.1, 0.15) is 11.1 Å². The van der Waals surface area contributed by atoms with Crippen molar-refractivity contribution < 1.29 is 4.39 Å². The third-order valence-electron chi connectivity index (χ3n) is 2.35. The van der Waals surface area contributed by atoms with Crippen molar-refractivity contribution in [1.82, 2.24) is 4.98 Å². The topological polar surface area (TPSA) is 24.9 Å². The van der Waals surface area contributed by atoms with Gasteiger partial charge in [0.05, 0.1) is 0 Å². The molecule has 0 radical (unpaired) electrons. The zero-order valence-corrected chi connectivity index (χ0v) is 11.0. The molecule has 0 aliphatic heterocycles. The van der Waals surface area contributed by atoms with E-state index >= 15 is 0 Å². The summed E-state index contributed by atoms with van der Waals surface area (Å²) in [6, 6.07) is 9.46. The van der Waals surface area contributed by atoms with Crippen LogP contribution in [-0.2, 0) is 6.54 Å². The SMILES string of the molecule is Cc1cccc(CNc2ncc(Br)cc2F)c1. The first-order chi connectivity index (χ1) is 8.15. The summed E-state index contributed by atoms with van der Waals surface area (Å²) in [6.07, 6.45) is 1.57. The van der Waals surface area contributed by atoms with Gasteiger partial charge in [0.1, 0.15) is 0 Å². The predicted molar refractivity (Wildman–Crippen MR) is 70.4 cm³/mol. The Kier molecular flexibility index (Phi) is 3.74. The summed E-state index contributed by atoms with van der Waals surface area (Å²) in [4.78, 5) is 3.98. The van der Waals surface area contributed by atoms with E-state index in [0.29, 0.717) is 11.0 Å². The molecule has 4 heteroatoms. The average molecular weight is 295 g/mol. The van der Waals surface area contributed by atoms with Gasteiger partial charge >= 0.3 is 0 Å². The lowest BCUT2D eigenvalue weighted by Gasteiger charge is -2.07. The van der Waals surface area contributed by atoms with E-state index in [-0.39, 0.29) is 11.6 Å². The zero-order valence-electron chi connectivity index (χ0n) is 9.37. The second kappa shape index (κ2) is 5.27. The first-order valence-electron chi connectivity index (χ1n) is 5.25. The Morgan fingerprint density at radius 2 is 2.18 bits per heavy atom. The number of hydrogen-bond acceptors (Lipinski definition) is 2. The lowest BCUT2D eigenvalue weighted by atomic mass is 10.1. The number of aromatic nitrogens is 1. The van der Waals surface area contributed by atoms with Gasteiger partial charge in [-0.05, 0) is 34.5 Å². The first kappa shape index (κ1) is 12.0. The highest BCUT2D eigenvalue weighted by Crippen LogP contribution is 2.16. The molecule has 0 atom stereocenters. The van der Waals surface area contributed by atoms with Crippen molar-refractivity contribution in [1.29, 1.82) is 0 Å². The Balaban J connectivity index is 2.07. The lowest BCUT2D eigenvalue weighted by Crippen LogP contribution is -2.03. The van der Waals surface area contributed by atoms with Gasteiger partial charge in [-0.15, -0.1) is 0 Å². The molecular weight excluding hydrogens is 283 g/mol. The van der Waals surface area contributed by atoms with Crippen LogP contribution in [0.3, 0.4) is 0 Å². The summed E-state index contributed by atoms with van der Waals surface area (Å²) in [5, 5.41) is 2.98. The molecule has 0 amide bonds. The van der Waals surface area contributed by atoms with E-state index in [1.807, 2.05) is 25.1 Å². The van der Waals surface area contributed by atoms with Crippen LogP contribution < -0.4 is 5.32 Å². The Morgan fingerprint density at radius 3 is 2.88 bits per heavy atom. The van der Waals surface area contributed by atoms with Crippen molar-refractivity contribution >= 4 is 21.7 Å². The van der Waals surface area contributed by atoms with Crippen molar-refractivity contribution in [3.05, 3.63) is 57.9 Å². The molecule has 0 spiro atoms. The van der Waals surface area contributed by atoms with E-state index in [9.17, 15) is 4.39 Å². The first-order valence-corrected chi connectivity index (χ1v) is 6.05. The van der Waals surface area contributed by atoms with Crippen molar-refractivity contribution in [2.24, 2.45) is 0 Å². The van der Waals surface area contributed by atoms with Crippen molar-refractivity contribution in [2.45, 2.75) is 13.5 Å². The third-order valence-corrected chi connectivity index (χ3v) is 2.78. The Labute approximate surface area is 108 Å². The smallest absolute Gasteiger partial charge is 0.166 e. The number of aryl methyl sites for hydroxylation is 1. The predicted octanol–water partition coefficient (Wildman–Crippen LogP) is 3.90. The lowest BCUT2D eigenvalue weighted by molar-refractivity contribution is 0.623. The highest BCUT2D eigenvalue weighted by Gasteiger charge is 2.03. The number of pyridine rings is 1. The molecule has 2 aromatic rings. The van der Waals surface area contributed by atoms with Crippen LogP contribution in [0.2, 0.25) is 0 Å². The van der Waals surface area contributed by atoms with Crippen LogP contribution >= 0.6 is 15.9 Å². The standard InChI is InChI=1S/C13H12BrFN2/c1-9-3-2-4-10(5-9)7-16-13-12(15)6-11(14)8-17-13/h2-6,8H,7H2,1H3,(H,16,17). The Hall–Kier alpha value is -1.42. The van der Waals surface area contributed by atoms with Crippen LogP contribution in [0.25, 0.3) is 0 Å². The molecule has 1 aromatic heterocycles. The summed E-state index contributed by atoms with van der Waals surface area (Å²) in [5.41, 5.74) is 2.29. The zero-order chi connectivity index (χ0) is 12.3. The van der Waals surface area contributed by atoms with E-state index in [1.165, 1.54) is 11.6 Å². The van der Waals surface area contributed by atoms with Gasteiger partial charge in [-0.25, -0.2) is 9.37 Å². The summed E-state index contributed by atoms with van der Waals surface area (Å²) < 4.78 is 14.1. The molecule has 88 valence electrons. The van der Waals surface area contributed by atoms with Crippen LogP contribution in [0.15, 0.2) is 41.0 Å². The number of anilines is 1. The minimum Gasteiger partial charge on any atom is -0.364 e. The van der Waals surface area contributed by atoms with E-state index in [4.69, 9.17) is 0 Å². The highest BCUT2D eigenvalue weighted by atomic mass is 79.9. The number of benzene rings is 1. The van der Waals surface area contributed by atoms with Gasteiger partial charge in [0.15, 0.2) is 11.6 Å². The fourth-order valence-electron chi connectivity index (χ4n) is 1.55. The fourth-order valence-corrected chi connectivity index (χ4v) is 1.86. The molecule has 0 aliphatic carbocycles. The number of hydrogen-bond donors (Lipinski definition) is 1. The second-order valence-corrected chi connectivity index (χ2v) is 4.74. The highest BCUT2D eigenvalue weighted by molar-refractivity contribution is 9.10. The molecule has 2 rings (SSSR count). The minimum absolute atomic E-state index is 0.273. The van der Waals surface area contributed by atoms with Crippen molar-refractivity contribution in [3.8, 4) is 0 Å². The molecule has 0 saturated heterocycles. The van der Waals surface area contributed by atoms with Gasteiger partial charge in [-0.3, -0.25) is 0 Å². The number of rotatable bonds is 3. The molecule has 2 nitrogen and oxygen atoms in total. The normalized spacial score (nSPS) is 10.3. The van der Waals surface area contributed by atoms with Crippen molar-refractivity contribution in [2.75, 3.05) is 5.32 Å². The van der Waals surface area contributed by atoms with Crippen LogP contribution in [0, 0.1) is 12.7 Å². The van der Waals surface area contributed by atoms with Gasteiger partial charge in [0.2, 0.25) is 0 Å². The summed E-state index contributed by atoms with van der Waals surface area (Å²) in [5.74, 6) is -0.0817. The number of nitrogens with one attached hydrogen (secondary N) is 1. The quantitative estimate of drug-likeness (QED) is 0.928. The maximum Gasteiger partial charge on any atom is 0.166 e. The van der Waals surface area contributed by atoms with Gasteiger partial charge in [-0.1, -0.05) is 29.8 Å². The molecular formula is C13H12BrFN2. The Morgan fingerprint density at radius 1 is 1.35 bits per heavy atom. The van der Waals surface area contributed by atoms with Crippen molar-refractivity contribution in [3.63, 3.8) is 0 Å². The molecule has 1 N–H and O–H groups in total. The van der Waals surface area contributed by atoms with Crippen LogP contribution in [0.5, 0.6) is 0 Å². The average Bonchev–Trinajstić information content (AvgIpc) is 2.28. The summed E-state index contributed by atoms with van der Waals surface area (Å²) >= 11 is 3.17. The maximum atomic E-state index is 13.5. The summed E-state index contributed by atoms with van der Waals surface area (Å²) in [6.45, 7) is 2.59. The fraction of sp³-hybridized carbons (Fsp3) is 0.154. The second-order valence-electron chi connectivity index (χ2n) is 3.83. The van der Waals surface area contributed by atoms with Crippen LogP contribution in [0.4, 0.5) is 10.2 Å². The largest absolute Gasteiger partial charge is 0.364 e. The molecule has 1 aromatic carbocycles. The van der Waals surface area contributed by atoms with Gasteiger partial charge in [0.25, 0.3) is 0 Å². The molecule has 0 saturated carbocycles. The number of halogens is 2. The molecule has 0 aliphatic rings. The molecule has 0 bridgehead atoms. The monoisotopic (exact) mass is 294 g/mol. The third kappa shape index (κ3) is 3.27. The molecule has 1 heterocycles. The van der Waals surface area contributed by atoms with Gasteiger partial charge in [-0.2, -0.15) is 0 Å². The Bertz CT molecular complexity index is 529. The van der Waals surface area contributed by atoms with E-state index in [1.54, 1.807) is 6.20 Å². The van der Waals surface area contributed by atoms with Gasteiger partial charge < -0.3 is 5.32 Å². The molecule has 17 heavy (non-hydrogen) atoms. The minimum atomic E-state index is -0.355. The maximum absolute atomic E-state index is 13.5. The van der Waals surface area contributed by atoms with E-state index in [2.05, 4.69) is 32.3 Å². The molecule has 0 fully saturated rings.